The van der Waals surface area contributed by atoms with Crippen molar-refractivity contribution in [3.63, 3.8) is 0 Å². The molecule has 0 atom stereocenters. The summed E-state index contributed by atoms with van der Waals surface area (Å²) >= 11 is 8.15. The first-order chi connectivity index (χ1) is 25.0. The third-order valence-corrected chi connectivity index (χ3v) is 13.0. The second-order valence-corrected chi connectivity index (χ2v) is 18.7. The Bertz CT molecular complexity index is 2090. The van der Waals surface area contributed by atoms with Crippen molar-refractivity contribution < 1.29 is 45.1 Å². The van der Waals surface area contributed by atoms with Crippen LogP contribution in [0.4, 0.5) is 11.4 Å². The monoisotopic (exact) mass is 806 g/mol. The van der Waals surface area contributed by atoms with Crippen LogP contribution in [-0.2, 0) is 40.4 Å². The Morgan fingerprint density at radius 3 is 2.42 bits per heavy atom. The topological polar surface area (TPSA) is 157 Å². The molecule has 2 heterocycles. The second kappa shape index (κ2) is 16.9. The lowest BCUT2D eigenvalue weighted by Crippen LogP contribution is -2.28. The average molecular weight is 807 g/mol. The molecule has 2 aromatic rings. The number of fused-ring (bicyclic) bond motifs is 2. The fourth-order valence-electron chi connectivity index (χ4n) is 7.54. The minimum absolute atomic E-state index is 0.200. The fourth-order valence-corrected chi connectivity index (χ4v) is 9.36. The fraction of sp³-hybridized carbons (Fsp3) is 0.447. The molecular weight excluding hydrogens is 760 g/mol. The highest BCUT2D eigenvalue weighted by Gasteiger charge is 2.44. The zero-order valence-corrected chi connectivity index (χ0v) is 33.6. The Balaban J connectivity index is 1.46. The summed E-state index contributed by atoms with van der Waals surface area (Å²) in [6, 6.07) is 12.9. The van der Waals surface area contributed by atoms with E-state index in [4.69, 9.17) is 11.6 Å². The van der Waals surface area contributed by atoms with Gasteiger partial charge >= 0.3 is 0 Å². The van der Waals surface area contributed by atoms with Gasteiger partial charge in [-0.2, -0.15) is 25.7 Å². The van der Waals surface area contributed by atoms with Crippen LogP contribution in [0.2, 0.25) is 0 Å². The van der Waals surface area contributed by atoms with Gasteiger partial charge in [0.2, 0.25) is 5.69 Å². The second-order valence-electron chi connectivity index (χ2n) is 14.5. The first-order valence-electron chi connectivity index (χ1n) is 17.6. The lowest BCUT2D eigenvalue weighted by atomic mass is 9.81. The van der Waals surface area contributed by atoms with E-state index in [1.54, 1.807) is 6.07 Å². The Morgan fingerprint density at radius 2 is 1.70 bits per heavy atom. The van der Waals surface area contributed by atoms with E-state index in [0.717, 1.165) is 73.2 Å². The SMILES string of the molecule is CC1(C)C(/C=C/C2=C(Cl)C(=C/C=C3/N(CCCCS(=O)(=O)O)c4ccc(S(=O)(=O)O)cc4C3(C)C)/CCC2)=[N+](CCCCSOO[O-])c2ccccc21. The number of allylic oxidation sites excluding steroid dienone is 8. The van der Waals surface area contributed by atoms with Crippen LogP contribution >= 0.6 is 23.6 Å². The molecule has 0 radical (unpaired) electrons. The standard InChI is InChI=1S/C38H47ClN2O9S3/c1-37(2)30-14-5-6-15-32(30)40(22-7-9-24-51-50-49-42)34(37)20-16-27-12-11-13-28(36(27)39)17-21-35-38(3,4)31-26-29(53(46,47)48)18-19-33(31)41(35)23-8-10-25-52(43,44)45/h5-6,14-21,26H,7-13,22-25H2,1-4H3,(H2-,42,43,44,45,46,47,48). The van der Waals surface area contributed by atoms with Crippen molar-refractivity contribution >= 4 is 61.0 Å². The summed E-state index contributed by atoms with van der Waals surface area (Å²) in [7, 11) is -8.54. The van der Waals surface area contributed by atoms with E-state index in [9.17, 15) is 31.2 Å². The van der Waals surface area contributed by atoms with Crippen molar-refractivity contribution in [3.05, 3.63) is 99.8 Å². The minimum Gasteiger partial charge on any atom is -0.691 e. The van der Waals surface area contributed by atoms with Gasteiger partial charge in [-0.25, -0.2) is 0 Å². The minimum atomic E-state index is -4.44. The molecule has 2 N–H and O–H groups in total. The molecular formula is C38H47ClN2O9S3. The van der Waals surface area contributed by atoms with Gasteiger partial charge in [0, 0.05) is 70.3 Å². The van der Waals surface area contributed by atoms with E-state index in [1.807, 2.05) is 37.0 Å². The number of anilines is 1. The van der Waals surface area contributed by atoms with E-state index in [2.05, 4.69) is 58.1 Å². The molecule has 0 amide bonds. The van der Waals surface area contributed by atoms with E-state index in [1.165, 1.54) is 29.1 Å². The molecule has 0 saturated carbocycles. The van der Waals surface area contributed by atoms with Gasteiger partial charge < -0.3 is 10.2 Å². The molecule has 288 valence electrons. The Hall–Kier alpha value is -2.79. The van der Waals surface area contributed by atoms with Crippen molar-refractivity contribution in [2.75, 3.05) is 29.5 Å². The van der Waals surface area contributed by atoms with Gasteiger partial charge in [0.05, 0.1) is 16.1 Å². The van der Waals surface area contributed by atoms with E-state index in [0.29, 0.717) is 29.3 Å². The van der Waals surface area contributed by atoms with Crippen molar-refractivity contribution in [1.29, 1.82) is 0 Å². The molecule has 15 heteroatoms. The van der Waals surface area contributed by atoms with Crippen LogP contribution in [0.3, 0.4) is 0 Å². The smallest absolute Gasteiger partial charge is 0.294 e. The van der Waals surface area contributed by atoms with Gasteiger partial charge in [0.25, 0.3) is 20.2 Å². The molecule has 2 aromatic carbocycles. The first kappa shape index (κ1) is 41.4. The number of benzene rings is 2. The zero-order chi connectivity index (χ0) is 38.6. The molecule has 3 aliphatic rings. The number of unbranched alkanes of at least 4 members (excludes halogenated alkanes) is 2. The molecule has 0 bridgehead atoms. The van der Waals surface area contributed by atoms with Crippen molar-refractivity contribution in [2.24, 2.45) is 0 Å². The van der Waals surface area contributed by atoms with Crippen LogP contribution in [-0.4, -0.2) is 60.8 Å². The van der Waals surface area contributed by atoms with Crippen LogP contribution in [0.5, 0.6) is 0 Å². The summed E-state index contributed by atoms with van der Waals surface area (Å²) in [5.74, 6) is 0.285. The third-order valence-electron chi connectivity index (χ3n) is 10.3. The van der Waals surface area contributed by atoms with Gasteiger partial charge in [-0.05, 0) is 93.4 Å². The van der Waals surface area contributed by atoms with Gasteiger partial charge in [0.15, 0.2) is 5.71 Å². The molecule has 5 rings (SSSR count). The normalized spacial score (nSPS) is 20.0. The quantitative estimate of drug-likeness (QED) is 0.0433. The Kier molecular flexibility index (Phi) is 13.2. The molecule has 53 heavy (non-hydrogen) atoms. The van der Waals surface area contributed by atoms with Crippen LogP contribution in [0, 0.1) is 0 Å². The van der Waals surface area contributed by atoms with Crippen LogP contribution < -0.4 is 10.2 Å². The largest absolute Gasteiger partial charge is 0.691 e. The average Bonchev–Trinajstić information content (AvgIpc) is 3.44. The predicted octanol–water partition coefficient (Wildman–Crippen LogP) is 7.47. The number of hydrogen-bond acceptors (Lipinski definition) is 9. The Morgan fingerprint density at radius 1 is 0.943 bits per heavy atom. The van der Waals surface area contributed by atoms with Gasteiger partial charge in [-0.3, -0.25) is 14.1 Å². The third kappa shape index (κ3) is 9.54. The predicted molar refractivity (Wildman–Crippen MR) is 207 cm³/mol. The maximum atomic E-state index is 12.0. The Labute approximate surface area is 322 Å². The highest BCUT2D eigenvalue weighted by molar-refractivity contribution is 7.94. The summed E-state index contributed by atoms with van der Waals surface area (Å²) in [5, 5.41) is 14.3. The van der Waals surface area contributed by atoms with Crippen molar-refractivity contribution in [1.82, 2.24) is 0 Å². The van der Waals surface area contributed by atoms with Crippen LogP contribution in [0.1, 0.15) is 83.8 Å². The summed E-state index contributed by atoms with van der Waals surface area (Å²) in [4.78, 5) is 1.84. The lowest BCUT2D eigenvalue weighted by molar-refractivity contribution is -0.777. The molecule has 0 saturated heterocycles. The van der Waals surface area contributed by atoms with Gasteiger partial charge in [0.1, 0.15) is 6.54 Å². The highest BCUT2D eigenvalue weighted by Crippen LogP contribution is 2.49. The molecule has 0 aromatic heterocycles. The summed E-state index contributed by atoms with van der Waals surface area (Å²) in [6.07, 6.45) is 13.2. The zero-order valence-electron chi connectivity index (χ0n) is 30.4. The molecule has 11 nitrogen and oxygen atoms in total. The number of para-hydroxylation sites is 1. The maximum absolute atomic E-state index is 12.0. The number of nitrogens with zero attached hydrogens (tertiary/aromatic N) is 2. The molecule has 1 aliphatic carbocycles. The summed E-state index contributed by atoms with van der Waals surface area (Å²) in [5.41, 5.74) is 7.03. The van der Waals surface area contributed by atoms with Crippen LogP contribution in [0.25, 0.3) is 0 Å². The molecule has 0 spiro atoms. The van der Waals surface area contributed by atoms with E-state index >= 15 is 0 Å². The first-order valence-corrected chi connectivity index (χ1v) is 22.0. The summed E-state index contributed by atoms with van der Waals surface area (Å²) in [6.45, 7) is 9.63. The molecule has 0 fully saturated rings. The highest BCUT2D eigenvalue weighted by atomic mass is 35.5. The van der Waals surface area contributed by atoms with Crippen molar-refractivity contribution in [3.8, 4) is 0 Å². The number of halogens is 1. The van der Waals surface area contributed by atoms with E-state index in [-0.39, 0.29) is 22.5 Å². The molecule has 2 aliphatic heterocycles. The van der Waals surface area contributed by atoms with E-state index < -0.39 is 25.7 Å². The van der Waals surface area contributed by atoms with Gasteiger partial charge in [-0.1, -0.05) is 55.8 Å². The summed E-state index contributed by atoms with van der Waals surface area (Å²) < 4.78 is 72.6. The van der Waals surface area contributed by atoms with Crippen molar-refractivity contribution in [2.45, 2.75) is 88.4 Å². The van der Waals surface area contributed by atoms with Crippen LogP contribution in [0.15, 0.2) is 93.5 Å². The number of hydrogen-bond donors (Lipinski definition) is 2. The lowest BCUT2D eigenvalue weighted by Gasteiger charge is -2.27. The maximum Gasteiger partial charge on any atom is 0.294 e. The number of rotatable bonds is 16. The van der Waals surface area contributed by atoms with Gasteiger partial charge in [-0.15, -0.1) is 0 Å². The molecule has 0 unspecified atom stereocenters.